The van der Waals surface area contributed by atoms with Crippen molar-refractivity contribution in [2.24, 2.45) is 0 Å². The molecule has 0 radical (unpaired) electrons. The van der Waals surface area contributed by atoms with Gasteiger partial charge in [0.15, 0.2) is 6.61 Å². The lowest BCUT2D eigenvalue weighted by Gasteiger charge is -2.21. The van der Waals surface area contributed by atoms with Gasteiger partial charge < -0.3 is 13.9 Å². The van der Waals surface area contributed by atoms with E-state index < -0.39 is 0 Å². The van der Waals surface area contributed by atoms with Gasteiger partial charge in [0.2, 0.25) is 0 Å². The van der Waals surface area contributed by atoms with Gasteiger partial charge in [-0.1, -0.05) is 51.1 Å². The lowest BCUT2D eigenvalue weighted by Crippen LogP contribution is -2.21. The first-order chi connectivity index (χ1) is 13.4. The Morgan fingerprint density at radius 2 is 1.86 bits per heavy atom. The van der Waals surface area contributed by atoms with E-state index in [1.165, 1.54) is 23.7 Å². The predicted molar refractivity (Wildman–Crippen MR) is 107 cm³/mol. The molecular weight excluding hydrogens is 376 g/mol. The highest BCUT2D eigenvalue weighted by molar-refractivity contribution is 7.99. The summed E-state index contributed by atoms with van der Waals surface area (Å²) in [6.45, 7) is 6.71. The molecule has 0 saturated heterocycles. The van der Waals surface area contributed by atoms with Crippen LogP contribution in [-0.2, 0) is 21.6 Å². The molecule has 152 valence electrons. The van der Waals surface area contributed by atoms with Crippen molar-refractivity contribution < 1.29 is 18.7 Å². The number of hydrogen-bond acceptors (Lipinski definition) is 7. The van der Waals surface area contributed by atoms with E-state index in [0.29, 0.717) is 11.1 Å². The topological polar surface area (TPSA) is 74.5 Å². The van der Waals surface area contributed by atoms with Crippen LogP contribution < -0.4 is 4.74 Å². The maximum atomic E-state index is 11.9. The Labute approximate surface area is 170 Å². The molecule has 7 heteroatoms. The molecule has 1 fully saturated rings. The number of benzene rings is 1. The number of carbonyl (C=O) groups excluding carboxylic acids is 1. The lowest BCUT2D eigenvalue weighted by atomic mass is 9.87. The van der Waals surface area contributed by atoms with Gasteiger partial charge in [0.05, 0.1) is 0 Å². The normalized spacial score (nSPS) is 15.4. The average molecular weight is 405 g/mol. The molecule has 0 unspecified atom stereocenters. The third-order valence-corrected chi connectivity index (χ3v) is 5.49. The van der Waals surface area contributed by atoms with Gasteiger partial charge in [-0.3, -0.25) is 4.79 Å². The molecule has 1 aromatic heterocycles. The van der Waals surface area contributed by atoms with Crippen LogP contribution in [0.4, 0.5) is 0 Å². The summed E-state index contributed by atoms with van der Waals surface area (Å²) in [7, 11) is 0. The Morgan fingerprint density at radius 1 is 1.14 bits per heavy atom. The molecule has 1 saturated carbocycles. The summed E-state index contributed by atoms with van der Waals surface area (Å²) < 4.78 is 16.7. The number of aromatic nitrogens is 2. The molecule has 1 aliphatic carbocycles. The van der Waals surface area contributed by atoms with Gasteiger partial charge in [-0.05, 0) is 48.8 Å². The van der Waals surface area contributed by atoms with Crippen molar-refractivity contribution in [3.05, 3.63) is 35.7 Å². The fourth-order valence-corrected chi connectivity index (χ4v) is 3.64. The maximum absolute atomic E-state index is 11.9. The predicted octanol–water partition coefficient (Wildman–Crippen LogP) is 4.91. The molecule has 0 N–H and O–H groups in total. The van der Waals surface area contributed by atoms with Crippen LogP contribution in [0.1, 0.15) is 64.3 Å². The minimum Gasteiger partial charge on any atom is -0.484 e. The molecule has 0 aliphatic heterocycles. The maximum Gasteiger partial charge on any atom is 0.316 e. The number of rotatable bonds is 7. The first kappa shape index (κ1) is 20.7. The summed E-state index contributed by atoms with van der Waals surface area (Å²) in [5.41, 5.74) is 1.35. The highest BCUT2D eigenvalue weighted by atomic mass is 32.2. The van der Waals surface area contributed by atoms with Gasteiger partial charge in [-0.15, -0.1) is 10.2 Å². The average Bonchev–Trinajstić information content (AvgIpc) is 3.13. The monoisotopic (exact) mass is 404 g/mol. The minimum absolute atomic E-state index is 0.0677. The lowest BCUT2D eigenvalue weighted by molar-refractivity contribution is -0.147. The smallest absolute Gasteiger partial charge is 0.316 e. The van der Waals surface area contributed by atoms with Crippen molar-refractivity contribution in [3.8, 4) is 5.75 Å². The molecular formula is C21H28N2O4S. The summed E-state index contributed by atoms with van der Waals surface area (Å²) in [6, 6.07) is 7.99. The molecule has 0 bridgehead atoms. The standard InChI is InChI=1S/C21H28N2O4S/c1-21(2,3)15-9-11-16(12-10-15)25-13-18-22-23-20(27-18)28-14-19(24)26-17-7-5-4-6-8-17/h9-12,17H,4-8,13-14H2,1-3H3. The van der Waals surface area contributed by atoms with Crippen LogP contribution in [0, 0.1) is 0 Å². The third kappa shape index (κ3) is 6.26. The molecule has 6 nitrogen and oxygen atoms in total. The Hall–Kier alpha value is -2.02. The Kier molecular flexibility index (Phi) is 6.99. The summed E-state index contributed by atoms with van der Waals surface area (Å²) in [5.74, 6) is 1.07. The van der Waals surface area contributed by atoms with Crippen molar-refractivity contribution in [1.29, 1.82) is 0 Å². The Morgan fingerprint density at radius 3 is 2.54 bits per heavy atom. The summed E-state index contributed by atoms with van der Waals surface area (Å²) in [5, 5.41) is 8.27. The zero-order chi connectivity index (χ0) is 20.0. The van der Waals surface area contributed by atoms with Crippen molar-refractivity contribution in [1.82, 2.24) is 10.2 Å². The number of ether oxygens (including phenoxy) is 2. The number of thioether (sulfide) groups is 1. The highest BCUT2D eigenvalue weighted by Gasteiger charge is 2.19. The van der Waals surface area contributed by atoms with Crippen molar-refractivity contribution >= 4 is 17.7 Å². The van der Waals surface area contributed by atoms with Gasteiger partial charge in [0.1, 0.15) is 17.6 Å². The molecule has 0 amide bonds. The minimum atomic E-state index is -0.230. The van der Waals surface area contributed by atoms with Crippen LogP contribution >= 0.6 is 11.8 Å². The molecule has 1 aliphatic rings. The summed E-state index contributed by atoms with van der Waals surface area (Å²) in [6.07, 6.45) is 5.51. The fraction of sp³-hybridized carbons (Fsp3) is 0.571. The van der Waals surface area contributed by atoms with E-state index in [0.717, 1.165) is 31.4 Å². The molecule has 2 aromatic rings. The van der Waals surface area contributed by atoms with Gasteiger partial charge in [-0.2, -0.15) is 0 Å². The quantitative estimate of drug-likeness (QED) is 0.479. The van der Waals surface area contributed by atoms with E-state index in [2.05, 4.69) is 43.1 Å². The first-order valence-corrected chi connectivity index (χ1v) is 10.8. The van der Waals surface area contributed by atoms with Crippen molar-refractivity contribution in [2.45, 2.75) is 76.2 Å². The number of hydrogen-bond donors (Lipinski definition) is 0. The summed E-state index contributed by atoms with van der Waals surface area (Å²) >= 11 is 1.19. The second-order valence-corrected chi connectivity index (χ2v) is 8.99. The second-order valence-electron chi connectivity index (χ2n) is 8.06. The van der Waals surface area contributed by atoms with E-state index in [-0.39, 0.29) is 29.8 Å². The van der Waals surface area contributed by atoms with Gasteiger partial charge in [0, 0.05) is 0 Å². The van der Waals surface area contributed by atoms with Crippen molar-refractivity contribution in [2.75, 3.05) is 5.75 Å². The first-order valence-electron chi connectivity index (χ1n) is 9.78. The van der Waals surface area contributed by atoms with Crippen LogP contribution in [0.25, 0.3) is 0 Å². The molecule has 1 aromatic carbocycles. The van der Waals surface area contributed by atoms with Crippen LogP contribution in [-0.4, -0.2) is 28.0 Å². The van der Waals surface area contributed by atoms with E-state index in [1.807, 2.05) is 12.1 Å². The molecule has 3 rings (SSSR count). The zero-order valence-corrected chi connectivity index (χ0v) is 17.6. The van der Waals surface area contributed by atoms with E-state index in [4.69, 9.17) is 13.9 Å². The Bertz CT molecular complexity index is 761. The fourth-order valence-electron chi connectivity index (χ4n) is 3.07. The van der Waals surface area contributed by atoms with Gasteiger partial charge >= 0.3 is 5.97 Å². The van der Waals surface area contributed by atoms with Crippen molar-refractivity contribution in [3.63, 3.8) is 0 Å². The highest BCUT2D eigenvalue weighted by Crippen LogP contribution is 2.25. The number of nitrogens with zero attached hydrogens (tertiary/aromatic N) is 2. The van der Waals surface area contributed by atoms with E-state index >= 15 is 0 Å². The molecule has 1 heterocycles. The molecule has 28 heavy (non-hydrogen) atoms. The van der Waals surface area contributed by atoms with E-state index in [9.17, 15) is 4.79 Å². The van der Waals surface area contributed by atoms with Crippen LogP contribution in [0.2, 0.25) is 0 Å². The second kappa shape index (κ2) is 9.45. The van der Waals surface area contributed by atoms with E-state index in [1.54, 1.807) is 0 Å². The van der Waals surface area contributed by atoms with Crippen LogP contribution in [0.3, 0.4) is 0 Å². The van der Waals surface area contributed by atoms with Crippen LogP contribution in [0.15, 0.2) is 33.9 Å². The summed E-state index contributed by atoms with van der Waals surface area (Å²) in [4.78, 5) is 11.9. The van der Waals surface area contributed by atoms with Gasteiger partial charge in [-0.25, -0.2) is 0 Å². The largest absolute Gasteiger partial charge is 0.484 e. The SMILES string of the molecule is CC(C)(C)c1ccc(OCc2nnc(SCC(=O)OC3CCCCC3)o2)cc1. The molecule has 0 atom stereocenters. The van der Waals surface area contributed by atoms with Crippen LogP contribution in [0.5, 0.6) is 5.75 Å². The zero-order valence-electron chi connectivity index (χ0n) is 16.8. The molecule has 0 spiro atoms. The Balaban J connectivity index is 1.42. The van der Waals surface area contributed by atoms with Gasteiger partial charge in [0.25, 0.3) is 11.1 Å². The number of carbonyl (C=O) groups is 1. The third-order valence-electron chi connectivity index (χ3n) is 4.69. The number of esters is 1.